The van der Waals surface area contributed by atoms with E-state index in [2.05, 4.69) is 9.72 Å². The molecule has 1 heterocycles. The highest BCUT2D eigenvalue weighted by Crippen LogP contribution is 2.20. The Hall–Kier alpha value is -1.72. The zero-order chi connectivity index (χ0) is 12.3. The summed E-state index contributed by atoms with van der Waals surface area (Å²) in [5.74, 6) is -0.631. The Morgan fingerprint density at radius 1 is 1.56 bits per heavy atom. The second-order valence-electron chi connectivity index (χ2n) is 3.27. The number of ether oxygens (including phenoxy) is 1. The third kappa shape index (κ3) is 2.65. The number of hydrogen-bond donors (Lipinski definition) is 1. The van der Waals surface area contributed by atoms with E-state index < -0.39 is 23.6 Å². The Labute approximate surface area is 90.2 Å². The van der Waals surface area contributed by atoms with Crippen molar-refractivity contribution >= 4 is 5.97 Å². The molecule has 1 rings (SSSR count). The quantitative estimate of drug-likeness (QED) is 0.798. The van der Waals surface area contributed by atoms with Crippen LogP contribution in [0, 0.1) is 6.92 Å². The van der Waals surface area contributed by atoms with Gasteiger partial charge >= 0.3 is 5.97 Å². The monoisotopic (exact) mass is 231 g/mol. The molecule has 0 fully saturated rings. The first kappa shape index (κ1) is 12.4. The van der Waals surface area contributed by atoms with E-state index in [1.165, 1.54) is 20.1 Å². The topological polar surface area (TPSA) is 59.2 Å². The first-order valence-corrected chi connectivity index (χ1v) is 4.53. The van der Waals surface area contributed by atoms with E-state index in [1.54, 1.807) is 0 Å². The van der Waals surface area contributed by atoms with Crippen LogP contribution in [0.2, 0.25) is 0 Å². The molecule has 0 aliphatic heterocycles. The second-order valence-corrected chi connectivity index (χ2v) is 3.27. The van der Waals surface area contributed by atoms with Crippen molar-refractivity contribution < 1.29 is 18.3 Å². The summed E-state index contributed by atoms with van der Waals surface area (Å²) in [6.07, 6.45) is -3.11. The molecule has 88 valence electrons. The molecule has 6 heteroatoms. The minimum absolute atomic E-state index is 0.0824. The number of methoxy groups -OCH3 is 1. The maximum Gasteiger partial charge on any atom is 0.310 e. The molecular weight excluding hydrogens is 220 g/mol. The van der Waals surface area contributed by atoms with Crippen molar-refractivity contribution in [1.82, 2.24) is 4.98 Å². The average molecular weight is 231 g/mol. The molecule has 0 saturated heterocycles. The standard InChI is InChI=1S/C10H11F2NO3/c1-5-3-6(4-7(14)16-2)8(9(11)12)13-10(5)15/h3,9H,4H2,1-2H3,(H,13,15). The van der Waals surface area contributed by atoms with Crippen LogP contribution in [0.25, 0.3) is 0 Å². The molecule has 0 aliphatic carbocycles. The van der Waals surface area contributed by atoms with E-state index in [9.17, 15) is 18.4 Å². The molecule has 0 bridgehead atoms. The molecule has 16 heavy (non-hydrogen) atoms. The molecule has 0 unspecified atom stereocenters. The lowest BCUT2D eigenvalue weighted by molar-refractivity contribution is -0.139. The summed E-state index contributed by atoms with van der Waals surface area (Å²) in [5, 5.41) is 0. The van der Waals surface area contributed by atoms with Gasteiger partial charge in [-0.05, 0) is 18.6 Å². The van der Waals surface area contributed by atoms with Crippen molar-refractivity contribution in [3.05, 3.63) is 33.2 Å². The van der Waals surface area contributed by atoms with Crippen LogP contribution < -0.4 is 5.56 Å². The van der Waals surface area contributed by atoms with Crippen molar-refractivity contribution in [2.45, 2.75) is 19.8 Å². The normalized spacial score (nSPS) is 10.6. The molecule has 0 amide bonds. The Morgan fingerprint density at radius 3 is 2.69 bits per heavy atom. The molecule has 4 nitrogen and oxygen atoms in total. The molecular formula is C10H11F2NO3. The summed E-state index contributed by atoms with van der Waals surface area (Å²) in [5.41, 5.74) is -0.743. The van der Waals surface area contributed by atoms with Crippen LogP contribution in [0.1, 0.15) is 23.2 Å². The molecule has 0 aromatic carbocycles. The Morgan fingerprint density at radius 2 is 2.19 bits per heavy atom. The van der Waals surface area contributed by atoms with Crippen LogP contribution >= 0.6 is 0 Å². The van der Waals surface area contributed by atoms with Gasteiger partial charge in [0, 0.05) is 5.56 Å². The smallest absolute Gasteiger partial charge is 0.310 e. The fourth-order valence-electron chi connectivity index (χ4n) is 1.27. The van der Waals surface area contributed by atoms with Crippen molar-refractivity contribution in [2.75, 3.05) is 7.11 Å². The summed E-state index contributed by atoms with van der Waals surface area (Å²) in [7, 11) is 1.17. The van der Waals surface area contributed by atoms with Crippen molar-refractivity contribution in [1.29, 1.82) is 0 Å². The molecule has 0 radical (unpaired) electrons. The number of H-pyrrole nitrogens is 1. The first-order chi connectivity index (χ1) is 7.45. The minimum atomic E-state index is -2.83. The van der Waals surface area contributed by atoms with Gasteiger partial charge < -0.3 is 9.72 Å². The van der Waals surface area contributed by atoms with Crippen LogP contribution in [-0.2, 0) is 16.0 Å². The van der Waals surface area contributed by atoms with E-state index in [-0.39, 0.29) is 17.5 Å². The lowest BCUT2D eigenvalue weighted by atomic mass is 10.1. The maximum absolute atomic E-state index is 12.6. The highest BCUT2D eigenvalue weighted by molar-refractivity contribution is 5.72. The fourth-order valence-corrected chi connectivity index (χ4v) is 1.27. The van der Waals surface area contributed by atoms with Gasteiger partial charge in [0.1, 0.15) is 0 Å². The molecule has 1 aromatic rings. The Bertz CT molecular complexity index is 454. The number of rotatable bonds is 3. The van der Waals surface area contributed by atoms with Crippen LogP contribution in [-0.4, -0.2) is 18.1 Å². The third-order valence-corrected chi connectivity index (χ3v) is 2.12. The van der Waals surface area contributed by atoms with E-state index in [4.69, 9.17) is 0 Å². The predicted molar refractivity (Wildman–Crippen MR) is 52.5 cm³/mol. The van der Waals surface area contributed by atoms with E-state index in [1.807, 2.05) is 0 Å². The Kier molecular flexibility index (Phi) is 3.76. The van der Waals surface area contributed by atoms with Crippen molar-refractivity contribution in [2.24, 2.45) is 0 Å². The molecule has 0 spiro atoms. The minimum Gasteiger partial charge on any atom is -0.469 e. The van der Waals surface area contributed by atoms with Gasteiger partial charge in [-0.15, -0.1) is 0 Å². The SMILES string of the molecule is COC(=O)Cc1cc(C)c(=O)[nH]c1C(F)F. The molecule has 0 saturated carbocycles. The van der Waals surface area contributed by atoms with Gasteiger partial charge in [-0.1, -0.05) is 0 Å². The summed E-state index contributed by atoms with van der Waals surface area (Å²) in [4.78, 5) is 24.2. The molecule has 1 aromatic heterocycles. The highest BCUT2D eigenvalue weighted by Gasteiger charge is 2.17. The van der Waals surface area contributed by atoms with Crippen LogP contribution in [0.15, 0.2) is 10.9 Å². The van der Waals surface area contributed by atoms with Gasteiger partial charge in [0.25, 0.3) is 12.0 Å². The number of carbonyl (C=O) groups excluding carboxylic acids is 1. The first-order valence-electron chi connectivity index (χ1n) is 4.53. The number of pyridine rings is 1. The number of hydrogen-bond acceptors (Lipinski definition) is 3. The van der Waals surface area contributed by atoms with Gasteiger partial charge in [-0.2, -0.15) is 0 Å². The van der Waals surface area contributed by atoms with E-state index in [0.29, 0.717) is 0 Å². The Balaban J connectivity index is 3.19. The number of aromatic nitrogens is 1. The van der Waals surface area contributed by atoms with Crippen molar-refractivity contribution in [3.63, 3.8) is 0 Å². The zero-order valence-corrected chi connectivity index (χ0v) is 8.84. The summed E-state index contributed by atoms with van der Waals surface area (Å²) >= 11 is 0. The summed E-state index contributed by atoms with van der Waals surface area (Å²) < 4.78 is 29.5. The zero-order valence-electron chi connectivity index (χ0n) is 8.84. The van der Waals surface area contributed by atoms with Crippen LogP contribution in [0.5, 0.6) is 0 Å². The average Bonchev–Trinajstić information content (AvgIpc) is 2.22. The van der Waals surface area contributed by atoms with E-state index in [0.717, 1.165) is 0 Å². The molecule has 0 atom stereocenters. The third-order valence-electron chi connectivity index (χ3n) is 2.12. The number of alkyl halides is 2. The lowest BCUT2D eigenvalue weighted by Crippen LogP contribution is -2.17. The molecule has 1 N–H and O–H groups in total. The number of carbonyl (C=O) groups is 1. The lowest BCUT2D eigenvalue weighted by Gasteiger charge is -2.08. The van der Waals surface area contributed by atoms with Crippen molar-refractivity contribution in [3.8, 4) is 0 Å². The van der Waals surface area contributed by atoms with Crippen LogP contribution in [0.4, 0.5) is 8.78 Å². The number of esters is 1. The number of aryl methyl sites for hydroxylation is 1. The number of aromatic amines is 1. The van der Waals surface area contributed by atoms with Gasteiger partial charge in [-0.3, -0.25) is 9.59 Å². The summed E-state index contributed by atoms with van der Waals surface area (Å²) in [6, 6.07) is 1.28. The maximum atomic E-state index is 12.6. The molecule has 0 aliphatic rings. The van der Waals surface area contributed by atoms with Gasteiger partial charge in [-0.25, -0.2) is 8.78 Å². The van der Waals surface area contributed by atoms with Crippen LogP contribution in [0.3, 0.4) is 0 Å². The number of halogens is 2. The van der Waals surface area contributed by atoms with Gasteiger partial charge in [0.05, 0.1) is 19.2 Å². The second kappa shape index (κ2) is 4.87. The number of nitrogens with one attached hydrogen (secondary N) is 1. The van der Waals surface area contributed by atoms with Gasteiger partial charge in [0.15, 0.2) is 0 Å². The van der Waals surface area contributed by atoms with Gasteiger partial charge in [0.2, 0.25) is 0 Å². The van der Waals surface area contributed by atoms with E-state index >= 15 is 0 Å². The fraction of sp³-hybridized carbons (Fsp3) is 0.400. The highest BCUT2D eigenvalue weighted by atomic mass is 19.3. The summed E-state index contributed by atoms with van der Waals surface area (Å²) in [6.45, 7) is 1.48. The largest absolute Gasteiger partial charge is 0.469 e. The predicted octanol–water partition coefficient (Wildman–Crippen LogP) is 1.34.